The Morgan fingerprint density at radius 3 is 2.35 bits per heavy atom. The van der Waals surface area contributed by atoms with Gasteiger partial charge in [-0.2, -0.15) is 0 Å². The van der Waals surface area contributed by atoms with Crippen LogP contribution in [0.15, 0.2) is 47.4 Å². The highest BCUT2D eigenvalue weighted by Gasteiger charge is 2.04. The molecule has 0 unspecified atom stereocenters. The predicted molar refractivity (Wildman–Crippen MR) is 83.4 cm³/mol. The zero-order valence-corrected chi connectivity index (χ0v) is 12.3. The highest BCUT2D eigenvalue weighted by atomic mass is 16.1. The molecular formula is C17H24N2O. The van der Waals surface area contributed by atoms with Crippen molar-refractivity contribution in [3.8, 4) is 5.69 Å². The Hall–Kier alpha value is -1.77. The predicted octanol–water partition coefficient (Wildman–Crippen LogP) is 4.00. The Bertz CT molecular complexity index is 554. The maximum Gasteiger partial charge on any atom is 0.266 e. The number of para-hydroxylation sites is 1. The van der Waals surface area contributed by atoms with Crippen molar-refractivity contribution in [3.05, 3.63) is 52.9 Å². The van der Waals surface area contributed by atoms with Crippen molar-refractivity contribution in [1.82, 2.24) is 9.36 Å². The average molecular weight is 272 g/mol. The molecule has 108 valence electrons. The van der Waals surface area contributed by atoms with E-state index < -0.39 is 0 Å². The molecule has 3 nitrogen and oxygen atoms in total. The third kappa shape index (κ3) is 3.86. The molecule has 0 fully saturated rings. The van der Waals surface area contributed by atoms with Crippen LogP contribution in [-0.4, -0.2) is 9.36 Å². The molecule has 0 aliphatic heterocycles. The summed E-state index contributed by atoms with van der Waals surface area (Å²) in [7, 11) is 0. The van der Waals surface area contributed by atoms with Gasteiger partial charge >= 0.3 is 0 Å². The lowest BCUT2D eigenvalue weighted by atomic mass is 10.1. The van der Waals surface area contributed by atoms with Gasteiger partial charge in [0.15, 0.2) is 0 Å². The molecule has 0 radical (unpaired) electrons. The van der Waals surface area contributed by atoms with Crippen LogP contribution in [0.3, 0.4) is 0 Å². The highest BCUT2D eigenvalue weighted by molar-refractivity contribution is 5.30. The average Bonchev–Trinajstić information content (AvgIpc) is 2.85. The van der Waals surface area contributed by atoms with Gasteiger partial charge in [-0.05, 0) is 18.6 Å². The second-order valence-electron chi connectivity index (χ2n) is 5.23. The lowest BCUT2D eigenvalue weighted by molar-refractivity contribution is 0.485. The molecule has 1 aromatic carbocycles. The van der Waals surface area contributed by atoms with Crippen molar-refractivity contribution >= 4 is 0 Å². The smallest absolute Gasteiger partial charge is 0.266 e. The summed E-state index contributed by atoms with van der Waals surface area (Å²) in [4.78, 5) is 11.9. The van der Waals surface area contributed by atoms with Crippen molar-refractivity contribution in [3.63, 3.8) is 0 Å². The van der Waals surface area contributed by atoms with Gasteiger partial charge in [0, 0.05) is 18.8 Å². The molecule has 0 amide bonds. The van der Waals surface area contributed by atoms with E-state index in [0.29, 0.717) is 0 Å². The van der Waals surface area contributed by atoms with E-state index in [-0.39, 0.29) is 5.56 Å². The monoisotopic (exact) mass is 272 g/mol. The topological polar surface area (TPSA) is 26.9 Å². The van der Waals surface area contributed by atoms with Crippen LogP contribution in [0.1, 0.15) is 45.4 Å². The quantitative estimate of drug-likeness (QED) is 0.667. The maximum atomic E-state index is 11.9. The van der Waals surface area contributed by atoms with Crippen LogP contribution >= 0.6 is 0 Å². The van der Waals surface area contributed by atoms with Crippen molar-refractivity contribution in [2.75, 3.05) is 0 Å². The molecule has 0 aliphatic rings. The first-order valence-corrected chi connectivity index (χ1v) is 7.67. The van der Waals surface area contributed by atoms with E-state index in [9.17, 15) is 4.79 Å². The lowest BCUT2D eigenvalue weighted by Crippen LogP contribution is -2.21. The van der Waals surface area contributed by atoms with Gasteiger partial charge in [0.2, 0.25) is 0 Å². The van der Waals surface area contributed by atoms with Crippen LogP contribution in [0.4, 0.5) is 0 Å². The molecule has 0 atom stereocenters. The van der Waals surface area contributed by atoms with E-state index in [1.807, 2.05) is 45.9 Å². The Kier molecular flexibility index (Phi) is 5.66. The SMILES string of the molecule is CCCCCCCCn1c(=O)ccn1-c1ccccc1. The van der Waals surface area contributed by atoms with E-state index in [0.717, 1.165) is 18.7 Å². The normalized spacial score (nSPS) is 10.8. The maximum absolute atomic E-state index is 11.9. The van der Waals surface area contributed by atoms with Crippen molar-refractivity contribution in [2.45, 2.75) is 52.0 Å². The van der Waals surface area contributed by atoms with Crippen LogP contribution in [-0.2, 0) is 6.54 Å². The standard InChI is InChI=1S/C17H24N2O/c1-2-3-4-5-6-10-14-19-17(20)13-15-18(19)16-11-8-7-9-12-16/h7-9,11-13,15H,2-6,10,14H2,1H3. The van der Waals surface area contributed by atoms with Crippen molar-refractivity contribution in [1.29, 1.82) is 0 Å². The molecule has 2 rings (SSSR count). The minimum atomic E-state index is 0.0856. The van der Waals surface area contributed by atoms with Crippen LogP contribution in [0, 0.1) is 0 Å². The van der Waals surface area contributed by atoms with Gasteiger partial charge in [0.1, 0.15) is 0 Å². The van der Waals surface area contributed by atoms with Crippen molar-refractivity contribution < 1.29 is 0 Å². The van der Waals surface area contributed by atoms with E-state index in [1.54, 1.807) is 6.07 Å². The zero-order valence-electron chi connectivity index (χ0n) is 12.3. The van der Waals surface area contributed by atoms with Gasteiger partial charge in [-0.15, -0.1) is 0 Å². The first-order valence-electron chi connectivity index (χ1n) is 7.67. The van der Waals surface area contributed by atoms with Gasteiger partial charge in [0.25, 0.3) is 5.56 Å². The third-order valence-electron chi connectivity index (χ3n) is 3.62. The summed E-state index contributed by atoms with van der Waals surface area (Å²) in [5.74, 6) is 0. The first-order chi connectivity index (χ1) is 9.83. The van der Waals surface area contributed by atoms with Gasteiger partial charge in [0.05, 0.1) is 5.69 Å². The summed E-state index contributed by atoms with van der Waals surface area (Å²) in [6, 6.07) is 11.7. The van der Waals surface area contributed by atoms with Crippen LogP contribution in [0.2, 0.25) is 0 Å². The zero-order chi connectivity index (χ0) is 14.2. The number of hydrogen-bond donors (Lipinski definition) is 0. The Balaban J connectivity index is 1.95. The van der Waals surface area contributed by atoms with Gasteiger partial charge in [-0.3, -0.25) is 9.48 Å². The number of benzene rings is 1. The van der Waals surface area contributed by atoms with Gasteiger partial charge in [-0.1, -0.05) is 57.2 Å². The Morgan fingerprint density at radius 1 is 0.900 bits per heavy atom. The number of nitrogens with zero attached hydrogens (tertiary/aromatic N) is 2. The molecule has 0 bridgehead atoms. The third-order valence-corrected chi connectivity index (χ3v) is 3.62. The highest BCUT2D eigenvalue weighted by Crippen LogP contribution is 2.08. The fourth-order valence-corrected chi connectivity index (χ4v) is 2.47. The van der Waals surface area contributed by atoms with Crippen LogP contribution in [0.25, 0.3) is 5.69 Å². The summed E-state index contributed by atoms with van der Waals surface area (Å²) in [5.41, 5.74) is 1.13. The Labute approximate surface area is 120 Å². The van der Waals surface area contributed by atoms with Gasteiger partial charge < -0.3 is 0 Å². The molecule has 0 spiro atoms. The summed E-state index contributed by atoms with van der Waals surface area (Å²) < 4.78 is 3.78. The number of hydrogen-bond acceptors (Lipinski definition) is 1. The Morgan fingerprint density at radius 2 is 1.60 bits per heavy atom. The van der Waals surface area contributed by atoms with E-state index in [2.05, 4.69) is 6.92 Å². The summed E-state index contributed by atoms with van der Waals surface area (Å²) >= 11 is 0. The minimum Gasteiger partial charge on any atom is -0.268 e. The van der Waals surface area contributed by atoms with E-state index >= 15 is 0 Å². The molecule has 0 saturated heterocycles. The second-order valence-corrected chi connectivity index (χ2v) is 5.23. The first kappa shape index (κ1) is 14.6. The molecular weight excluding hydrogens is 248 g/mol. The molecule has 20 heavy (non-hydrogen) atoms. The van der Waals surface area contributed by atoms with Gasteiger partial charge in [-0.25, -0.2) is 4.68 Å². The van der Waals surface area contributed by atoms with Crippen LogP contribution < -0.4 is 5.56 Å². The molecule has 0 N–H and O–H groups in total. The summed E-state index contributed by atoms with van der Waals surface area (Å²) in [6.45, 7) is 3.03. The molecule has 1 heterocycles. The number of aromatic nitrogens is 2. The van der Waals surface area contributed by atoms with E-state index in [4.69, 9.17) is 0 Å². The number of rotatable bonds is 8. The molecule has 0 aliphatic carbocycles. The summed E-state index contributed by atoms with van der Waals surface area (Å²) in [6.07, 6.45) is 9.30. The molecule has 1 aromatic heterocycles. The van der Waals surface area contributed by atoms with E-state index in [1.165, 1.54) is 32.1 Å². The second kappa shape index (κ2) is 7.73. The minimum absolute atomic E-state index is 0.0856. The van der Waals surface area contributed by atoms with Crippen LogP contribution in [0.5, 0.6) is 0 Å². The largest absolute Gasteiger partial charge is 0.268 e. The molecule has 0 saturated carbocycles. The summed E-state index contributed by atoms with van der Waals surface area (Å²) in [5, 5.41) is 0. The number of unbranched alkanes of at least 4 members (excludes halogenated alkanes) is 5. The fourth-order valence-electron chi connectivity index (χ4n) is 2.47. The van der Waals surface area contributed by atoms with Crippen molar-refractivity contribution in [2.24, 2.45) is 0 Å². The fraction of sp³-hybridized carbons (Fsp3) is 0.471. The molecule has 3 heteroatoms. The molecule has 2 aromatic rings. The lowest BCUT2D eigenvalue weighted by Gasteiger charge is -2.11.